The van der Waals surface area contributed by atoms with Crippen LogP contribution in [0.25, 0.3) is 0 Å². The highest BCUT2D eigenvalue weighted by atomic mass is 35.5. The maximum absolute atomic E-state index is 12.2. The Labute approximate surface area is 153 Å². The van der Waals surface area contributed by atoms with E-state index < -0.39 is 16.1 Å². The lowest BCUT2D eigenvalue weighted by Crippen LogP contribution is -2.28. The molecule has 1 aliphatic rings. The van der Waals surface area contributed by atoms with E-state index in [0.717, 1.165) is 6.42 Å². The van der Waals surface area contributed by atoms with Crippen LogP contribution in [0.1, 0.15) is 26.7 Å². The average Bonchev–Trinajstić information content (AvgIpc) is 2.88. The number of benzene rings is 1. The van der Waals surface area contributed by atoms with Gasteiger partial charge in [-0.2, -0.15) is 0 Å². The number of thioether (sulfide) groups is 1. The Balaban J connectivity index is 2.01. The minimum absolute atomic E-state index is 0.0825. The largest absolute Gasteiger partial charge is 0.325 e. The Hall–Kier alpha value is -2.13. The van der Waals surface area contributed by atoms with Gasteiger partial charge in [0.05, 0.1) is 15.6 Å². The first-order valence-electron chi connectivity index (χ1n) is 7.59. The third-order valence-corrected chi connectivity index (χ3v) is 4.94. The van der Waals surface area contributed by atoms with Gasteiger partial charge in [-0.1, -0.05) is 30.3 Å². The summed E-state index contributed by atoms with van der Waals surface area (Å²) in [4.78, 5) is 38.7. The molecule has 1 aliphatic heterocycles. The molecule has 0 radical (unpaired) electrons. The minimum atomic E-state index is -0.597. The van der Waals surface area contributed by atoms with E-state index in [1.165, 1.54) is 30.0 Å². The maximum atomic E-state index is 12.2. The first-order chi connectivity index (χ1) is 11.8. The first kappa shape index (κ1) is 19.2. The second kappa shape index (κ2) is 8.30. The molecule has 0 aromatic heterocycles. The average molecular weight is 385 g/mol. The zero-order chi connectivity index (χ0) is 18.6. The van der Waals surface area contributed by atoms with Crippen LogP contribution in [0.2, 0.25) is 5.02 Å². The number of carbonyl (C=O) groups excluding carboxylic acids is 2. The van der Waals surface area contributed by atoms with Crippen LogP contribution in [0.15, 0.2) is 23.2 Å². The lowest BCUT2D eigenvalue weighted by Gasteiger charge is -2.09. The van der Waals surface area contributed by atoms with Crippen LogP contribution >= 0.6 is 23.4 Å². The van der Waals surface area contributed by atoms with E-state index in [1.807, 2.05) is 13.8 Å². The summed E-state index contributed by atoms with van der Waals surface area (Å²) in [6.07, 6.45) is 0.755. The van der Waals surface area contributed by atoms with Crippen LogP contribution in [0.5, 0.6) is 0 Å². The van der Waals surface area contributed by atoms with Crippen LogP contribution < -0.4 is 10.6 Å². The molecule has 0 aliphatic carbocycles. The molecule has 10 heteroatoms. The van der Waals surface area contributed by atoms with E-state index in [2.05, 4.69) is 15.6 Å². The van der Waals surface area contributed by atoms with E-state index in [-0.39, 0.29) is 34.8 Å². The number of nitro groups is 1. The number of nitrogens with zero attached hydrogens (tertiary/aromatic N) is 2. The van der Waals surface area contributed by atoms with Gasteiger partial charge in [-0.05, 0) is 19.4 Å². The number of rotatable bonds is 6. The molecule has 1 saturated heterocycles. The zero-order valence-electron chi connectivity index (χ0n) is 13.6. The van der Waals surface area contributed by atoms with Crippen LogP contribution in [-0.4, -0.2) is 33.2 Å². The van der Waals surface area contributed by atoms with Crippen LogP contribution in [0.4, 0.5) is 11.4 Å². The monoisotopic (exact) mass is 384 g/mol. The second-order valence-electron chi connectivity index (χ2n) is 5.46. The highest BCUT2D eigenvalue weighted by Gasteiger charge is 2.32. The molecule has 1 fully saturated rings. The summed E-state index contributed by atoms with van der Waals surface area (Å²) in [6.45, 7) is 3.92. The van der Waals surface area contributed by atoms with E-state index in [9.17, 15) is 19.7 Å². The van der Waals surface area contributed by atoms with Gasteiger partial charge < -0.3 is 10.6 Å². The van der Waals surface area contributed by atoms with Crippen molar-refractivity contribution in [3.05, 3.63) is 33.3 Å². The molecule has 2 amide bonds. The molecule has 2 rings (SSSR count). The number of amides is 2. The predicted molar refractivity (Wildman–Crippen MR) is 98.1 cm³/mol. The normalized spacial score (nSPS) is 19.6. The van der Waals surface area contributed by atoms with Gasteiger partial charge in [0.25, 0.3) is 5.69 Å². The highest BCUT2D eigenvalue weighted by molar-refractivity contribution is 8.15. The number of hydrogen-bond donors (Lipinski definition) is 2. The van der Waals surface area contributed by atoms with Crippen molar-refractivity contribution in [2.24, 2.45) is 4.99 Å². The quantitative estimate of drug-likeness (QED) is 0.578. The number of anilines is 1. The van der Waals surface area contributed by atoms with Gasteiger partial charge in [-0.25, -0.2) is 0 Å². The number of amidine groups is 1. The summed E-state index contributed by atoms with van der Waals surface area (Å²) < 4.78 is 0. The molecule has 1 aromatic carbocycles. The molecule has 134 valence electrons. The van der Waals surface area contributed by atoms with Crippen molar-refractivity contribution in [2.45, 2.75) is 38.0 Å². The van der Waals surface area contributed by atoms with Gasteiger partial charge >= 0.3 is 0 Å². The molecular weight excluding hydrogens is 368 g/mol. The zero-order valence-corrected chi connectivity index (χ0v) is 15.2. The van der Waals surface area contributed by atoms with Gasteiger partial charge in [0, 0.05) is 24.6 Å². The number of hydrogen-bond acceptors (Lipinski definition) is 6. The molecule has 8 nitrogen and oxygen atoms in total. The van der Waals surface area contributed by atoms with Crippen molar-refractivity contribution in [3.63, 3.8) is 0 Å². The molecule has 0 saturated carbocycles. The fourth-order valence-corrected chi connectivity index (χ4v) is 3.22. The molecule has 0 unspecified atom stereocenters. The standard InChI is InChI=1S/C15H17ClN4O4S/c1-3-8(2)17-15-19-14(22)12(25-15)7-13(21)18-11-6-9(20(23)24)4-5-10(11)16/h4-6,8,12H,3,7H2,1-2H3,(H,18,21)(H,17,19,22)/t8-,12-/m0/s1. The number of aliphatic imine (C=N–C) groups is 1. The maximum Gasteiger partial charge on any atom is 0.271 e. The van der Waals surface area contributed by atoms with Crippen LogP contribution in [0, 0.1) is 10.1 Å². The number of nitro benzene ring substituents is 1. The van der Waals surface area contributed by atoms with Crippen LogP contribution in [0.3, 0.4) is 0 Å². The van der Waals surface area contributed by atoms with E-state index in [0.29, 0.717) is 5.17 Å². The van der Waals surface area contributed by atoms with Gasteiger partial charge in [-0.15, -0.1) is 0 Å². The predicted octanol–water partition coefficient (Wildman–Crippen LogP) is 2.96. The van der Waals surface area contributed by atoms with Gasteiger partial charge in [0.1, 0.15) is 5.25 Å². The number of halogens is 1. The molecule has 2 N–H and O–H groups in total. The molecule has 0 bridgehead atoms. The SMILES string of the molecule is CC[C@H](C)N=C1NC(=O)[C@H](CC(=O)Nc2cc([N+](=O)[O-])ccc2Cl)S1. The highest BCUT2D eigenvalue weighted by Crippen LogP contribution is 2.28. The van der Waals surface area contributed by atoms with Crippen LogP contribution in [-0.2, 0) is 9.59 Å². The summed E-state index contributed by atoms with van der Waals surface area (Å²) in [7, 11) is 0. The molecule has 2 atom stereocenters. The third kappa shape index (κ3) is 5.17. The number of carbonyl (C=O) groups is 2. The summed E-state index contributed by atoms with van der Waals surface area (Å²) in [5.41, 5.74) is -0.0478. The third-order valence-electron chi connectivity index (χ3n) is 3.51. The van der Waals surface area contributed by atoms with Crippen molar-refractivity contribution in [2.75, 3.05) is 5.32 Å². The van der Waals surface area contributed by atoms with Gasteiger partial charge in [0.2, 0.25) is 11.8 Å². The van der Waals surface area contributed by atoms with E-state index in [1.54, 1.807) is 0 Å². The first-order valence-corrected chi connectivity index (χ1v) is 8.85. The van der Waals surface area contributed by atoms with Crippen molar-refractivity contribution >= 4 is 51.7 Å². The lowest BCUT2D eigenvalue weighted by molar-refractivity contribution is -0.384. The van der Waals surface area contributed by atoms with E-state index >= 15 is 0 Å². The molecular formula is C15H17ClN4O4S. The van der Waals surface area contributed by atoms with Crippen molar-refractivity contribution in [1.29, 1.82) is 0 Å². The number of non-ortho nitro benzene ring substituents is 1. The summed E-state index contributed by atoms with van der Waals surface area (Å²) in [5.74, 6) is -0.743. The summed E-state index contributed by atoms with van der Waals surface area (Å²) in [5, 5.41) is 16.1. The Morgan fingerprint density at radius 1 is 1.56 bits per heavy atom. The topological polar surface area (TPSA) is 114 Å². The second-order valence-corrected chi connectivity index (χ2v) is 7.06. The van der Waals surface area contributed by atoms with Crippen molar-refractivity contribution in [1.82, 2.24) is 5.32 Å². The number of nitrogens with one attached hydrogen (secondary N) is 2. The Bertz CT molecular complexity index is 740. The Kier molecular flexibility index (Phi) is 6.38. The molecule has 1 heterocycles. The smallest absolute Gasteiger partial charge is 0.271 e. The Morgan fingerprint density at radius 3 is 2.92 bits per heavy atom. The fraction of sp³-hybridized carbons (Fsp3) is 0.400. The summed E-state index contributed by atoms with van der Waals surface area (Å²) in [6, 6.07) is 3.84. The van der Waals surface area contributed by atoms with Gasteiger partial charge in [0.15, 0.2) is 5.17 Å². The van der Waals surface area contributed by atoms with Crippen molar-refractivity contribution in [3.8, 4) is 0 Å². The fourth-order valence-electron chi connectivity index (χ4n) is 1.98. The van der Waals surface area contributed by atoms with E-state index in [4.69, 9.17) is 11.6 Å². The minimum Gasteiger partial charge on any atom is -0.325 e. The Morgan fingerprint density at radius 2 is 2.28 bits per heavy atom. The van der Waals surface area contributed by atoms with Gasteiger partial charge in [-0.3, -0.25) is 24.7 Å². The summed E-state index contributed by atoms with van der Waals surface area (Å²) >= 11 is 7.15. The molecule has 1 aromatic rings. The molecule has 0 spiro atoms. The lowest BCUT2D eigenvalue weighted by atomic mass is 10.2. The molecule has 25 heavy (non-hydrogen) atoms. The van der Waals surface area contributed by atoms with Crippen molar-refractivity contribution < 1.29 is 14.5 Å².